The van der Waals surface area contributed by atoms with Crippen molar-refractivity contribution >= 4 is 5.65 Å². The second kappa shape index (κ2) is 7.59. The van der Waals surface area contributed by atoms with Crippen LogP contribution < -0.4 is 5.56 Å². The van der Waals surface area contributed by atoms with Gasteiger partial charge in [-0.05, 0) is 31.7 Å². The fourth-order valence-corrected chi connectivity index (χ4v) is 3.92. The number of rotatable bonds is 3. The molecule has 4 aromatic rings. The van der Waals surface area contributed by atoms with Crippen molar-refractivity contribution in [2.45, 2.75) is 38.5 Å². The molecule has 166 valence electrons. The lowest BCUT2D eigenvalue weighted by atomic mass is 10.1. The molecule has 1 N–H and O–H groups in total. The number of aromatic nitrogens is 5. The summed E-state index contributed by atoms with van der Waals surface area (Å²) >= 11 is 0. The van der Waals surface area contributed by atoms with Gasteiger partial charge in [0.2, 0.25) is 5.89 Å². The van der Waals surface area contributed by atoms with Gasteiger partial charge >= 0.3 is 6.18 Å². The Morgan fingerprint density at radius 2 is 1.91 bits per heavy atom. The minimum atomic E-state index is -4.76. The molecule has 3 aromatic heterocycles. The van der Waals surface area contributed by atoms with E-state index in [0.29, 0.717) is 17.5 Å². The third kappa shape index (κ3) is 3.38. The molecule has 32 heavy (non-hydrogen) atoms. The molecule has 8 nitrogen and oxygen atoms in total. The van der Waals surface area contributed by atoms with Crippen LogP contribution in [-0.4, -0.2) is 31.4 Å². The molecule has 11 heteroatoms. The number of hydrogen-bond donors (Lipinski definition) is 1. The summed E-state index contributed by atoms with van der Waals surface area (Å²) in [6.07, 6.45) is -2.52. The molecule has 0 bridgehead atoms. The van der Waals surface area contributed by atoms with Crippen LogP contribution in [0.4, 0.5) is 13.2 Å². The Morgan fingerprint density at radius 1 is 1.12 bits per heavy atom. The number of alkyl halides is 3. The summed E-state index contributed by atoms with van der Waals surface area (Å²) in [4.78, 5) is 16.1. The molecule has 0 saturated carbocycles. The molecular formula is C21H18F3N5O3. The van der Waals surface area contributed by atoms with Crippen LogP contribution in [0.5, 0.6) is 0 Å². The van der Waals surface area contributed by atoms with E-state index in [9.17, 15) is 18.0 Å². The van der Waals surface area contributed by atoms with Crippen molar-refractivity contribution in [1.29, 1.82) is 0 Å². The zero-order valence-electron chi connectivity index (χ0n) is 16.9. The molecule has 1 aromatic carbocycles. The van der Waals surface area contributed by atoms with Gasteiger partial charge in [0.15, 0.2) is 5.69 Å². The SMILES string of the molecule is Cc1[nH]c2c(-c3ccccc3)c(C(F)(F)F)nn2c(=O)c1-c1nnc(C2CCCCO2)o1. The smallest absolute Gasteiger partial charge is 0.418 e. The standard InChI is InChI=1S/C21H18F3N5O3/c1-11-14(19-27-26-18(32-19)13-9-5-6-10-31-13)20(30)29-17(25-11)15(12-7-3-2-4-8-12)16(28-29)21(22,23)24/h2-4,7-8,13,25H,5-6,9-10H2,1H3. The number of hydrogen-bond acceptors (Lipinski definition) is 6. The highest BCUT2D eigenvalue weighted by Crippen LogP contribution is 2.38. The summed E-state index contributed by atoms with van der Waals surface area (Å²) in [5.74, 6) is 0.139. The van der Waals surface area contributed by atoms with Crippen LogP contribution in [0.2, 0.25) is 0 Å². The molecule has 1 atom stereocenters. The number of benzene rings is 1. The second-order valence-electron chi connectivity index (χ2n) is 7.58. The highest BCUT2D eigenvalue weighted by molar-refractivity contribution is 5.81. The number of aromatic amines is 1. The van der Waals surface area contributed by atoms with Gasteiger partial charge in [-0.25, -0.2) is 0 Å². The van der Waals surface area contributed by atoms with Gasteiger partial charge in [0.05, 0.1) is 5.56 Å². The van der Waals surface area contributed by atoms with Crippen molar-refractivity contribution in [1.82, 2.24) is 24.8 Å². The van der Waals surface area contributed by atoms with E-state index in [1.165, 1.54) is 12.1 Å². The van der Waals surface area contributed by atoms with Gasteiger partial charge in [-0.15, -0.1) is 10.2 Å². The Bertz CT molecular complexity index is 1330. The zero-order chi connectivity index (χ0) is 22.5. The van der Waals surface area contributed by atoms with Gasteiger partial charge in [-0.2, -0.15) is 22.8 Å². The predicted octanol–water partition coefficient (Wildman–Crippen LogP) is 4.31. The first-order valence-corrected chi connectivity index (χ1v) is 10.1. The molecule has 0 spiro atoms. The van der Waals surface area contributed by atoms with Crippen LogP contribution in [0.1, 0.15) is 42.6 Å². The summed E-state index contributed by atoms with van der Waals surface area (Å²) in [7, 11) is 0. The molecule has 5 rings (SSSR count). The number of nitrogens with one attached hydrogen (secondary N) is 1. The van der Waals surface area contributed by atoms with Crippen molar-refractivity contribution in [3.63, 3.8) is 0 Å². The molecule has 1 fully saturated rings. The van der Waals surface area contributed by atoms with Crippen LogP contribution >= 0.6 is 0 Å². The fraction of sp³-hybridized carbons (Fsp3) is 0.333. The summed E-state index contributed by atoms with van der Waals surface area (Å²) < 4.78 is 53.4. The molecule has 0 aliphatic carbocycles. The number of ether oxygens (including phenoxy) is 1. The van der Waals surface area contributed by atoms with Gasteiger partial charge in [0.1, 0.15) is 17.3 Å². The van der Waals surface area contributed by atoms with Crippen molar-refractivity contribution < 1.29 is 22.3 Å². The normalized spacial score (nSPS) is 17.2. The molecule has 4 heterocycles. The third-order valence-corrected chi connectivity index (χ3v) is 5.41. The molecule has 1 aliphatic rings. The van der Waals surface area contributed by atoms with Crippen LogP contribution in [-0.2, 0) is 10.9 Å². The third-order valence-electron chi connectivity index (χ3n) is 5.41. The Kier molecular flexibility index (Phi) is 4.85. The molecular weight excluding hydrogens is 427 g/mol. The monoisotopic (exact) mass is 445 g/mol. The second-order valence-corrected chi connectivity index (χ2v) is 7.58. The van der Waals surface area contributed by atoms with E-state index in [4.69, 9.17) is 9.15 Å². The predicted molar refractivity (Wildman–Crippen MR) is 107 cm³/mol. The number of nitrogens with zero attached hydrogens (tertiary/aromatic N) is 4. The van der Waals surface area contributed by atoms with Crippen LogP contribution in [0.15, 0.2) is 39.5 Å². The largest absolute Gasteiger partial charge is 0.435 e. The number of halogens is 3. The van der Waals surface area contributed by atoms with E-state index in [1.807, 2.05) is 0 Å². The minimum absolute atomic E-state index is 0.0390. The van der Waals surface area contributed by atoms with E-state index in [0.717, 1.165) is 12.8 Å². The highest BCUT2D eigenvalue weighted by Gasteiger charge is 2.39. The molecule has 1 saturated heterocycles. The van der Waals surface area contributed by atoms with Crippen molar-refractivity contribution in [2.75, 3.05) is 6.61 Å². The number of aryl methyl sites for hydroxylation is 1. The summed E-state index contributed by atoms with van der Waals surface area (Å²) in [5, 5.41) is 11.5. The summed E-state index contributed by atoms with van der Waals surface area (Å²) in [6, 6.07) is 7.99. The van der Waals surface area contributed by atoms with E-state index in [2.05, 4.69) is 20.3 Å². The maximum absolute atomic E-state index is 13.8. The zero-order valence-corrected chi connectivity index (χ0v) is 16.9. The van der Waals surface area contributed by atoms with Gasteiger partial charge in [0, 0.05) is 12.3 Å². The average molecular weight is 445 g/mol. The van der Waals surface area contributed by atoms with Gasteiger partial charge in [0.25, 0.3) is 11.4 Å². The Hall–Kier alpha value is -3.47. The van der Waals surface area contributed by atoms with Crippen LogP contribution in [0, 0.1) is 6.92 Å². The first-order chi connectivity index (χ1) is 15.3. The Labute approximate surface area is 179 Å². The maximum Gasteiger partial charge on any atom is 0.435 e. The molecule has 0 amide bonds. The summed E-state index contributed by atoms with van der Waals surface area (Å²) in [6.45, 7) is 2.14. The van der Waals surface area contributed by atoms with Crippen LogP contribution in [0.25, 0.3) is 28.2 Å². The van der Waals surface area contributed by atoms with Crippen molar-refractivity contribution in [3.05, 3.63) is 58.0 Å². The average Bonchev–Trinajstić information content (AvgIpc) is 3.40. The van der Waals surface area contributed by atoms with Crippen molar-refractivity contribution in [3.8, 4) is 22.6 Å². The maximum atomic E-state index is 13.8. The lowest BCUT2D eigenvalue weighted by Crippen LogP contribution is -2.20. The lowest BCUT2D eigenvalue weighted by molar-refractivity contribution is -0.140. The number of fused-ring (bicyclic) bond motifs is 1. The Morgan fingerprint density at radius 3 is 2.59 bits per heavy atom. The summed E-state index contributed by atoms with van der Waals surface area (Å²) in [5.41, 5.74) is -1.68. The van der Waals surface area contributed by atoms with E-state index < -0.39 is 17.4 Å². The lowest BCUT2D eigenvalue weighted by Gasteiger charge is -2.18. The van der Waals surface area contributed by atoms with E-state index >= 15 is 0 Å². The molecule has 1 unspecified atom stereocenters. The van der Waals surface area contributed by atoms with E-state index in [-0.39, 0.29) is 45.9 Å². The van der Waals surface area contributed by atoms with E-state index in [1.54, 1.807) is 25.1 Å². The topological polar surface area (TPSA) is 98.3 Å². The number of H-pyrrole nitrogens is 1. The molecule has 1 aliphatic heterocycles. The quantitative estimate of drug-likeness (QED) is 0.505. The highest BCUT2D eigenvalue weighted by atomic mass is 19.4. The van der Waals surface area contributed by atoms with Crippen LogP contribution in [0.3, 0.4) is 0 Å². The fourth-order valence-electron chi connectivity index (χ4n) is 3.92. The van der Waals surface area contributed by atoms with Gasteiger partial charge < -0.3 is 14.1 Å². The Balaban J connectivity index is 1.69. The van der Waals surface area contributed by atoms with Gasteiger partial charge in [-0.3, -0.25) is 4.79 Å². The van der Waals surface area contributed by atoms with Gasteiger partial charge in [-0.1, -0.05) is 30.3 Å². The first-order valence-electron chi connectivity index (χ1n) is 10.1. The first kappa shape index (κ1) is 20.4. The minimum Gasteiger partial charge on any atom is -0.418 e. The molecule has 0 radical (unpaired) electrons. The van der Waals surface area contributed by atoms with Crippen molar-refractivity contribution in [2.24, 2.45) is 0 Å².